The molecule has 0 aliphatic heterocycles. The van der Waals surface area contributed by atoms with E-state index in [2.05, 4.69) is 42.2 Å². The number of para-hydroxylation sites is 1. The summed E-state index contributed by atoms with van der Waals surface area (Å²) in [5, 5.41) is 11.3. The molecule has 1 unspecified atom stereocenters. The Morgan fingerprint density at radius 1 is 1.10 bits per heavy atom. The molecule has 0 amide bonds. The van der Waals surface area contributed by atoms with E-state index in [9.17, 15) is 5.11 Å². The van der Waals surface area contributed by atoms with Gasteiger partial charge >= 0.3 is 0 Å². The van der Waals surface area contributed by atoms with Crippen LogP contribution in [0.1, 0.15) is 22.6 Å². The normalized spacial score (nSPS) is 12.7. The van der Waals surface area contributed by atoms with Crippen molar-refractivity contribution in [1.29, 1.82) is 0 Å². The summed E-state index contributed by atoms with van der Waals surface area (Å²) in [6.07, 6.45) is 2.01. The average Bonchev–Trinajstić information content (AvgIpc) is 2.88. The zero-order valence-corrected chi connectivity index (χ0v) is 12.9. The first-order valence-corrected chi connectivity index (χ1v) is 8.11. The van der Waals surface area contributed by atoms with Crippen molar-refractivity contribution < 1.29 is 5.11 Å². The van der Waals surface area contributed by atoms with Crippen LogP contribution in [0.5, 0.6) is 0 Å². The summed E-state index contributed by atoms with van der Waals surface area (Å²) in [5.41, 5.74) is 3.65. The predicted octanol–water partition coefficient (Wildman–Crippen LogP) is 4.14. The molecule has 1 heterocycles. The van der Waals surface area contributed by atoms with Crippen molar-refractivity contribution in [2.45, 2.75) is 32.3 Å². The van der Waals surface area contributed by atoms with Gasteiger partial charge in [0.05, 0.1) is 21.3 Å². The Kier molecular flexibility index (Phi) is 4.32. The Bertz CT molecular complexity index is 702. The van der Waals surface area contributed by atoms with Crippen molar-refractivity contribution >= 4 is 21.6 Å². The smallest absolute Gasteiger partial charge is 0.0964 e. The Morgan fingerprint density at radius 3 is 2.67 bits per heavy atom. The van der Waals surface area contributed by atoms with E-state index in [1.165, 1.54) is 15.8 Å². The first-order valence-electron chi connectivity index (χ1n) is 7.29. The molecular formula is C18H19NOS. The van der Waals surface area contributed by atoms with Crippen molar-refractivity contribution in [2.24, 2.45) is 0 Å². The monoisotopic (exact) mass is 297 g/mol. The second-order valence-electron chi connectivity index (χ2n) is 5.40. The highest BCUT2D eigenvalue weighted by atomic mass is 32.1. The molecule has 0 aliphatic carbocycles. The van der Waals surface area contributed by atoms with E-state index in [1.807, 2.05) is 18.2 Å². The lowest BCUT2D eigenvalue weighted by Gasteiger charge is -2.10. The molecule has 2 nitrogen and oxygen atoms in total. The third kappa shape index (κ3) is 3.49. The second-order valence-corrected chi connectivity index (χ2v) is 6.51. The first-order chi connectivity index (χ1) is 10.2. The van der Waals surface area contributed by atoms with Crippen LogP contribution in [0.15, 0.2) is 48.5 Å². The van der Waals surface area contributed by atoms with Crippen LogP contribution in [-0.4, -0.2) is 16.2 Å². The van der Waals surface area contributed by atoms with Gasteiger partial charge in [0.2, 0.25) is 0 Å². The lowest BCUT2D eigenvalue weighted by atomic mass is 10.0. The maximum atomic E-state index is 10.2. The molecule has 0 saturated carbocycles. The third-order valence-corrected chi connectivity index (χ3v) is 4.82. The van der Waals surface area contributed by atoms with Crippen LogP contribution >= 0.6 is 11.3 Å². The summed E-state index contributed by atoms with van der Waals surface area (Å²) in [4.78, 5) is 4.58. The summed E-state index contributed by atoms with van der Waals surface area (Å²) >= 11 is 1.68. The Morgan fingerprint density at radius 2 is 1.86 bits per heavy atom. The molecule has 0 spiro atoms. The van der Waals surface area contributed by atoms with Gasteiger partial charge in [-0.2, -0.15) is 0 Å². The number of rotatable bonds is 5. The summed E-state index contributed by atoms with van der Waals surface area (Å²) < 4.78 is 1.19. The molecule has 0 aliphatic rings. The number of aliphatic hydroxyl groups is 1. The topological polar surface area (TPSA) is 33.1 Å². The maximum absolute atomic E-state index is 10.2. The number of hydrogen-bond donors (Lipinski definition) is 1. The van der Waals surface area contributed by atoms with E-state index >= 15 is 0 Å². The second kappa shape index (κ2) is 6.37. The zero-order chi connectivity index (χ0) is 14.7. The highest BCUT2D eigenvalue weighted by Gasteiger charge is 2.10. The fourth-order valence-electron chi connectivity index (χ4n) is 2.52. The fraction of sp³-hybridized carbons (Fsp3) is 0.278. The van der Waals surface area contributed by atoms with E-state index in [1.54, 1.807) is 11.3 Å². The van der Waals surface area contributed by atoms with Gasteiger partial charge in [0, 0.05) is 6.42 Å². The van der Waals surface area contributed by atoms with Gasteiger partial charge in [0.1, 0.15) is 0 Å². The van der Waals surface area contributed by atoms with Crippen LogP contribution in [0.4, 0.5) is 0 Å². The van der Waals surface area contributed by atoms with E-state index in [4.69, 9.17) is 0 Å². The molecule has 3 heteroatoms. The van der Waals surface area contributed by atoms with E-state index in [-0.39, 0.29) is 6.10 Å². The maximum Gasteiger partial charge on any atom is 0.0964 e. The standard InChI is InChI=1S/C18H19NOS/c1-13-6-2-3-7-14(13)10-11-15(20)12-18-19-16-8-4-5-9-17(16)21-18/h2-9,15,20H,10-12H2,1H3. The summed E-state index contributed by atoms with van der Waals surface area (Å²) in [5.74, 6) is 0. The molecule has 1 aromatic heterocycles. The molecule has 0 fully saturated rings. The van der Waals surface area contributed by atoms with Crippen molar-refractivity contribution in [3.8, 4) is 0 Å². The van der Waals surface area contributed by atoms with Gasteiger partial charge in [-0.05, 0) is 43.0 Å². The van der Waals surface area contributed by atoms with Crippen molar-refractivity contribution in [1.82, 2.24) is 4.98 Å². The van der Waals surface area contributed by atoms with Crippen molar-refractivity contribution in [2.75, 3.05) is 0 Å². The SMILES string of the molecule is Cc1ccccc1CCC(O)Cc1nc2ccccc2s1. The molecule has 3 rings (SSSR count). The van der Waals surface area contributed by atoms with Crippen LogP contribution in [0.3, 0.4) is 0 Å². The molecule has 3 aromatic rings. The zero-order valence-electron chi connectivity index (χ0n) is 12.1. The number of fused-ring (bicyclic) bond motifs is 1. The van der Waals surface area contributed by atoms with Gasteiger partial charge in [-0.15, -0.1) is 11.3 Å². The van der Waals surface area contributed by atoms with Crippen molar-refractivity contribution in [3.05, 3.63) is 64.7 Å². The summed E-state index contributed by atoms with van der Waals surface area (Å²) in [7, 11) is 0. The van der Waals surface area contributed by atoms with Gasteiger partial charge < -0.3 is 5.11 Å². The summed E-state index contributed by atoms with van der Waals surface area (Å²) in [6, 6.07) is 16.5. The highest BCUT2D eigenvalue weighted by molar-refractivity contribution is 7.18. The first kappa shape index (κ1) is 14.2. The Labute approximate surface area is 129 Å². The third-order valence-electron chi connectivity index (χ3n) is 3.76. The number of benzene rings is 2. The van der Waals surface area contributed by atoms with Crippen LogP contribution in [0, 0.1) is 6.92 Å². The molecular weight excluding hydrogens is 278 g/mol. The molecule has 21 heavy (non-hydrogen) atoms. The molecule has 0 bridgehead atoms. The molecule has 1 atom stereocenters. The largest absolute Gasteiger partial charge is 0.393 e. The summed E-state index contributed by atoms with van der Waals surface area (Å²) in [6.45, 7) is 2.12. The minimum atomic E-state index is -0.329. The number of aromatic nitrogens is 1. The lowest BCUT2D eigenvalue weighted by molar-refractivity contribution is 0.165. The van der Waals surface area contributed by atoms with Gasteiger partial charge in [0.25, 0.3) is 0 Å². The Hall–Kier alpha value is -1.71. The quantitative estimate of drug-likeness (QED) is 0.767. The number of thiazole rings is 1. The number of aliphatic hydroxyl groups excluding tert-OH is 1. The van der Waals surface area contributed by atoms with Crippen LogP contribution in [-0.2, 0) is 12.8 Å². The van der Waals surface area contributed by atoms with E-state index in [0.717, 1.165) is 23.4 Å². The van der Waals surface area contributed by atoms with Crippen molar-refractivity contribution in [3.63, 3.8) is 0 Å². The average molecular weight is 297 g/mol. The number of nitrogens with zero attached hydrogens (tertiary/aromatic N) is 1. The van der Waals surface area contributed by atoms with Gasteiger partial charge in [0.15, 0.2) is 0 Å². The number of hydrogen-bond acceptors (Lipinski definition) is 3. The van der Waals surface area contributed by atoms with Crippen LogP contribution in [0.25, 0.3) is 10.2 Å². The highest BCUT2D eigenvalue weighted by Crippen LogP contribution is 2.23. The van der Waals surface area contributed by atoms with Crippen LogP contribution in [0.2, 0.25) is 0 Å². The lowest BCUT2D eigenvalue weighted by Crippen LogP contribution is -2.11. The minimum Gasteiger partial charge on any atom is -0.393 e. The molecule has 0 saturated heterocycles. The molecule has 1 N–H and O–H groups in total. The van der Waals surface area contributed by atoms with E-state index < -0.39 is 0 Å². The fourth-order valence-corrected chi connectivity index (χ4v) is 3.56. The van der Waals surface area contributed by atoms with E-state index in [0.29, 0.717) is 6.42 Å². The minimum absolute atomic E-state index is 0.329. The predicted molar refractivity (Wildman–Crippen MR) is 88.8 cm³/mol. The molecule has 108 valence electrons. The number of aryl methyl sites for hydroxylation is 2. The van der Waals surface area contributed by atoms with Crippen LogP contribution < -0.4 is 0 Å². The Balaban J connectivity index is 1.61. The molecule has 2 aromatic carbocycles. The van der Waals surface area contributed by atoms with Gasteiger partial charge in [-0.1, -0.05) is 36.4 Å². The van der Waals surface area contributed by atoms with Gasteiger partial charge in [-0.3, -0.25) is 0 Å². The molecule has 0 radical (unpaired) electrons. The van der Waals surface area contributed by atoms with Gasteiger partial charge in [-0.25, -0.2) is 4.98 Å².